The number of furan rings is 1. The molecule has 0 unspecified atom stereocenters. The zero-order valence-electron chi connectivity index (χ0n) is 18.9. The summed E-state index contributed by atoms with van der Waals surface area (Å²) in [5.41, 5.74) is 9.13. The first-order valence-electron chi connectivity index (χ1n) is 10.9. The van der Waals surface area contributed by atoms with E-state index in [1.165, 1.54) is 24.3 Å². The van der Waals surface area contributed by atoms with Crippen molar-refractivity contribution < 1.29 is 27.9 Å². The van der Waals surface area contributed by atoms with E-state index in [1.54, 1.807) is 31.2 Å². The van der Waals surface area contributed by atoms with Crippen LogP contribution in [0.5, 0.6) is 5.75 Å². The molecular formula is C25H23FN4O5. The Balaban J connectivity index is 1.39. The van der Waals surface area contributed by atoms with Crippen molar-refractivity contribution in [1.29, 1.82) is 0 Å². The second-order valence-corrected chi connectivity index (χ2v) is 7.82. The maximum atomic E-state index is 13.1. The Morgan fingerprint density at radius 3 is 2.49 bits per heavy atom. The van der Waals surface area contributed by atoms with Gasteiger partial charge in [-0.05, 0) is 56.2 Å². The zero-order valence-corrected chi connectivity index (χ0v) is 18.9. The molecule has 1 heterocycles. The number of aryl methyl sites for hydroxylation is 1. The molecule has 3 aromatic rings. The maximum Gasteiger partial charge on any atom is 0.305 e. The maximum absolute atomic E-state index is 13.1. The average Bonchev–Trinajstić information content (AvgIpc) is 3.22. The number of hydrazine groups is 1. The molecule has 0 aliphatic heterocycles. The summed E-state index contributed by atoms with van der Waals surface area (Å²) in [4.78, 5) is 37.0. The van der Waals surface area contributed by atoms with Crippen LogP contribution in [0.2, 0.25) is 0 Å². The summed E-state index contributed by atoms with van der Waals surface area (Å²) in [5.74, 6) is -0.941. The Hall–Kier alpha value is -4.47. The molecule has 1 aromatic heterocycles. The standard InChI is InChI=1S/C25H23FN4O5/c1-15-22-19(27-29-24(32)16-10-12-17(26)13-11-16)8-5-9-20(22)35-23(15)25(33)30-28-21(31)14-34-18-6-3-2-4-7-18/h2-4,6-7,10-13H,5,8-9,14H2,1H3,(H,28,31)(H,29,32)(H,30,33)/b27-19+. The largest absolute Gasteiger partial charge is 0.484 e. The van der Waals surface area contributed by atoms with Crippen LogP contribution in [0.25, 0.3) is 0 Å². The number of ether oxygens (including phenoxy) is 1. The Kier molecular flexibility index (Phi) is 7.20. The lowest BCUT2D eigenvalue weighted by Crippen LogP contribution is -2.43. The van der Waals surface area contributed by atoms with Gasteiger partial charge in [0.2, 0.25) is 0 Å². The van der Waals surface area contributed by atoms with Crippen molar-refractivity contribution in [2.24, 2.45) is 5.10 Å². The predicted octanol–water partition coefficient (Wildman–Crippen LogP) is 3.04. The molecule has 10 heteroatoms. The minimum Gasteiger partial charge on any atom is -0.484 e. The lowest BCUT2D eigenvalue weighted by molar-refractivity contribution is -0.123. The Morgan fingerprint density at radius 1 is 1.00 bits per heavy atom. The highest BCUT2D eigenvalue weighted by atomic mass is 19.1. The van der Waals surface area contributed by atoms with Gasteiger partial charge in [0, 0.05) is 23.1 Å². The van der Waals surface area contributed by atoms with Crippen LogP contribution in [-0.2, 0) is 11.2 Å². The molecule has 0 bridgehead atoms. The Bertz CT molecular complexity index is 1270. The molecule has 2 aromatic carbocycles. The highest BCUT2D eigenvalue weighted by Gasteiger charge is 2.28. The monoisotopic (exact) mass is 478 g/mol. The van der Waals surface area contributed by atoms with Gasteiger partial charge in [-0.15, -0.1) is 0 Å². The van der Waals surface area contributed by atoms with Gasteiger partial charge in [-0.2, -0.15) is 5.10 Å². The first kappa shape index (κ1) is 23.7. The summed E-state index contributed by atoms with van der Waals surface area (Å²) in [6.07, 6.45) is 1.90. The first-order chi connectivity index (χ1) is 16.9. The van der Waals surface area contributed by atoms with Crippen LogP contribution in [0.3, 0.4) is 0 Å². The van der Waals surface area contributed by atoms with Crippen molar-refractivity contribution >= 4 is 23.4 Å². The van der Waals surface area contributed by atoms with E-state index in [4.69, 9.17) is 9.15 Å². The summed E-state index contributed by atoms with van der Waals surface area (Å²) < 4.78 is 24.2. The number of hydrogen-bond acceptors (Lipinski definition) is 6. The molecule has 4 rings (SSSR count). The fourth-order valence-electron chi connectivity index (χ4n) is 3.67. The van der Waals surface area contributed by atoms with Crippen LogP contribution >= 0.6 is 0 Å². The van der Waals surface area contributed by atoms with E-state index in [-0.39, 0.29) is 17.9 Å². The number of nitrogens with one attached hydrogen (secondary N) is 3. The van der Waals surface area contributed by atoms with E-state index in [0.29, 0.717) is 41.2 Å². The quantitative estimate of drug-likeness (QED) is 0.470. The fourth-order valence-corrected chi connectivity index (χ4v) is 3.67. The van der Waals surface area contributed by atoms with Crippen LogP contribution in [-0.4, -0.2) is 30.0 Å². The van der Waals surface area contributed by atoms with Crippen molar-refractivity contribution in [3.8, 4) is 5.75 Å². The van der Waals surface area contributed by atoms with Crippen LogP contribution in [0, 0.1) is 12.7 Å². The van der Waals surface area contributed by atoms with Crippen LogP contribution < -0.4 is 21.0 Å². The van der Waals surface area contributed by atoms with E-state index >= 15 is 0 Å². The highest BCUT2D eigenvalue weighted by Crippen LogP contribution is 2.29. The van der Waals surface area contributed by atoms with E-state index in [9.17, 15) is 18.8 Å². The lowest BCUT2D eigenvalue weighted by atomic mass is 9.93. The molecule has 0 saturated heterocycles. The van der Waals surface area contributed by atoms with Gasteiger partial charge in [-0.3, -0.25) is 25.2 Å². The Morgan fingerprint density at radius 2 is 1.74 bits per heavy atom. The van der Waals surface area contributed by atoms with Crippen LogP contribution in [0.1, 0.15) is 50.6 Å². The molecule has 1 aliphatic carbocycles. The third-order valence-electron chi connectivity index (χ3n) is 5.36. The molecule has 0 radical (unpaired) electrons. The summed E-state index contributed by atoms with van der Waals surface area (Å²) in [6, 6.07) is 13.9. The number of carbonyl (C=O) groups excluding carboxylic acids is 3. The number of fused-ring (bicyclic) bond motifs is 1. The third-order valence-corrected chi connectivity index (χ3v) is 5.36. The predicted molar refractivity (Wildman–Crippen MR) is 124 cm³/mol. The second-order valence-electron chi connectivity index (χ2n) is 7.82. The van der Waals surface area contributed by atoms with E-state index in [1.807, 2.05) is 6.07 Å². The molecule has 0 spiro atoms. The van der Waals surface area contributed by atoms with Gasteiger partial charge in [0.15, 0.2) is 12.4 Å². The summed E-state index contributed by atoms with van der Waals surface area (Å²) in [6.45, 7) is 1.43. The summed E-state index contributed by atoms with van der Waals surface area (Å²) in [7, 11) is 0. The minimum atomic E-state index is -0.625. The summed E-state index contributed by atoms with van der Waals surface area (Å²) >= 11 is 0. The lowest BCUT2D eigenvalue weighted by Gasteiger charge is -2.13. The number of nitrogens with zero attached hydrogens (tertiary/aromatic N) is 1. The number of rotatable bonds is 6. The number of benzene rings is 2. The average molecular weight is 478 g/mol. The summed E-state index contributed by atoms with van der Waals surface area (Å²) in [5, 5.41) is 4.23. The van der Waals surface area contributed by atoms with Gasteiger partial charge in [0.1, 0.15) is 17.3 Å². The minimum absolute atomic E-state index is 0.0405. The van der Waals surface area contributed by atoms with Gasteiger partial charge in [0.05, 0.1) is 5.71 Å². The molecule has 3 N–H and O–H groups in total. The molecule has 1 aliphatic rings. The molecule has 0 atom stereocenters. The topological polar surface area (TPSA) is 122 Å². The number of para-hydroxylation sites is 1. The van der Waals surface area contributed by atoms with Crippen molar-refractivity contribution in [2.45, 2.75) is 26.2 Å². The van der Waals surface area contributed by atoms with Crippen molar-refractivity contribution in [3.63, 3.8) is 0 Å². The van der Waals surface area contributed by atoms with Gasteiger partial charge < -0.3 is 9.15 Å². The zero-order chi connectivity index (χ0) is 24.8. The van der Waals surface area contributed by atoms with Crippen molar-refractivity contribution in [3.05, 3.63) is 88.6 Å². The fraction of sp³-hybridized carbons (Fsp3) is 0.200. The van der Waals surface area contributed by atoms with E-state index in [2.05, 4.69) is 21.4 Å². The number of carbonyl (C=O) groups is 3. The molecule has 0 saturated carbocycles. The van der Waals surface area contributed by atoms with Gasteiger partial charge in [0.25, 0.3) is 11.8 Å². The molecule has 9 nitrogen and oxygen atoms in total. The van der Waals surface area contributed by atoms with Gasteiger partial charge >= 0.3 is 5.91 Å². The smallest absolute Gasteiger partial charge is 0.305 e. The van der Waals surface area contributed by atoms with Crippen molar-refractivity contribution in [2.75, 3.05) is 6.61 Å². The van der Waals surface area contributed by atoms with Gasteiger partial charge in [-0.1, -0.05) is 18.2 Å². The second kappa shape index (κ2) is 10.6. The third kappa shape index (κ3) is 5.72. The highest BCUT2D eigenvalue weighted by molar-refractivity contribution is 6.07. The molecule has 180 valence electrons. The van der Waals surface area contributed by atoms with Crippen LogP contribution in [0.15, 0.2) is 64.1 Å². The Labute approximate surface area is 200 Å². The SMILES string of the molecule is Cc1c(C(=O)NNC(=O)COc2ccccc2)oc2c1/C(=N/NC(=O)c1ccc(F)cc1)CCC2. The molecule has 3 amide bonds. The van der Waals surface area contributed by atoms with Crippen LogP contribution in [0.4, 0.5) is 4.39 Å². The number of hydrogen-bond donors (Lipinski definition) is 3. The van der Waals surface area contributed by atoms with Gasteiger partial charge in [-0.25, -0.2) is 9.82 Å². The number of amides is 3. The number of hydrazone groups is 1. The molecule has 0 fully saturated rings. The van der Waals surface area contributed by atoms with Crippen molar-refractivity contribution in [1.82, 2.24) is 16.3 Å². The molecular weight excluding hydrogens is 455 g/mol. The number of halogens is 1. The molecule has 35 heavy (non-hydrogen) atoms. The van der Waals surface area contributed by atoms with E-state index in [0.717, 1.165) is 6.42 Å². The first-order valence-corrected chi connectivity index (χ1v) is 10.9. The normalized spacial score (nSPS) is 13.6. The van der Waals surface area contributed by atoms with E-state index < -0.39 is 23.5 Å².